The van der Waals surface area contributed by atoms with Crippen LogP contribution in [0.25, 0.3) is 6.08 Å². The van der Waals surface area contributed by atoms with Gasteiger partial charge in [0.1, 0.15) is 22.7 Å². The van der Waals surface area contributed by atoms with Crippen molar-refractivity contribution in [2.24, 2.45) is 0 Å². The Bertz CT molecular complexity index is 2200. The Morgan fingerprint density at radius 3 is 1.82 bits per heavy atom. The van der Waals surface area contributed by atoms with E-state index in [9.17, 15) is 14.4 Å². The monoisotopic (exact) mass is 760 g/mol. The summed E-state index contributed by atoms with van der Waals surface area (Å²) in [5.41, 5.74) is 5.10. The zero-order chi connectivity index (χ0) is 37.6. The molecular weight excluding hydrogens is 725 g/mol. The molecule has 0 radical (unpaired) electrons. The van der Waals surface area contributed by atoms with Crippen LogP contribution in [0.2, 0.25) is 0 Å². The molecule has 1 saturated heterocycles. The van der Waals surface area contributed by atoms with Crippen LogP contribution in [0, 0.1) is 0 Å². The number of carbonyl (C=O) groups is 3. The zero-order valence-corrected chi connectivity index (χ0v) is 31.2. The van der Waals surface area contributed by atoms with E-state index in [1.54, 1.807) is 0 Å². The first-order valence-electron chi connectivity index (χ1n) is 17.8. The summed E-state index contributed by atoms with van der Waals surface area (Å²) in [6, 6.07) is 49.4. The Morgan fingerprint density at radius 2 is 1.31 bits per heavy atom. The van der Waals surface area contributed by atoms with Crippen molar-refractivity contribution in [1.29, 1.82) is 0 Å². The molecule has 0 aliphatic carbocycles. The van der Waals surface area contributed by atoms with Crippen LogP contribution in [0.15, 0.2) is 180 Å². The van der Waals surface area contributed by atoms with Gasteiger partial charge in [-0.25, -0.2) is 4.79 Å². The van der Waals surface area contributed by atoms with Gasteiger partial charge in [0.05, 0.1) is 6.20 Å². The first-order chi connectivity index (χ1) is 27.1. The van der Waals surface area contributed by atoms with Crippen LogP contribution >= 0.6 is 23.5 Å². The SMILES string of the molecule is O=CN[C@@H]1C(=O)N2C(C(=O)OC(c3ccccc3)c3ccccc3)=C(S/C=C\c3cnn(C(c4ccccc4)(c4ccccc4)c4ccccc4)c3)CS[C@H]12. The van der Waals surface area contributed by atoms with Gasteiger partial charge < -0.3 is 10.1 Å². The Labute approximate surface area is 327 Å². The van der Waals surface area contributed by atoms with E-state index in [1.165, 1.54) is 28.4 Å². The van der Waals surface area contributed by atoms with Gasteiger partial charge in [-0.3, -0.25) is 19.2 Å². The van der Waals surface area contributed by atoms with Crippen LogP contribution in [-0.4, -0.2) is 50.1 Å². The van der Waals surface area contributed by atoms with E-state index in [4.69, 9.17) is 9.84 Å². The quantitative estimate of drug-likeness (QED) is 0.0552. The predicted octanol–water partition coefficient (Wildman–Crippen LogP) is 8.00. The van der Waals surface area contributed by atoms with Crippen molar-refractivity contribution in [2.75, 3.05) is 5.75 Å². The molecule has 8 nitrogen and oxygen atoms in total. The number of amides is 2. The molecule has 272 valence electrons. The van der Waals surface area contributed by atoms with Gasteiger partial charge in [-0.2, -0.15) is 5.10 Å². The van der Waals surface area contributed by atoms with Crippen LogP contribution in [0.4, 0.5) is 0 Å². The van der Waals surface area contributed by atoms with Crippen LogP contribution in [0.3, 0.4) is 0 Å². The minimum Gasteiger partial charge on any atom is -0.448 e. The molecule has 1 aromatic heterocycles. The summed E-state index contributed by atoms with van der Waals surface area (Å²) in [7, 11) is 0. The average Bonchev–Trinajstić information content (AvgIpc) is 3.72. The normalized spacial score (nSPS) is 16.8. The summed E-state index contributed by atoms with van der Waals surface area (Å²) < 4.78 is 8.29. The molecule has 5 aromatic carbocycles. The highest BCUT2D eigenvalue weighted by atomic mass is 32.2. The minimum absolute atomic E-state index is 0.191. The Hall–Kier alpha value is -6.10. The molecule has 1 fully saturated rings. The van der Waals surface area contributed by atoms with E-state index in [0.29, 0.717) is 17.1 Å². The molecule has 0 unspecified atom stereocenters. The smallest absolute Gasteiger partial charge is 0.356 e. The molecule has 0 spiro atoms. The number of rotatable bonds is 13. The number of fused-ring (bicyclic) bond motifs is 1. The minimum atomic E-state index is -0.754. The maximum absolute atomic E-state index is 14.3. The van der Waals surface area contributed by atoms with Crippen LogP contribution in [-0.2, 0) is 24.7 Å². The molecule has 10 heteroatoms. The highest BCUT2D eigenvalue weighted by Gasteiger charge is 2.54. The number of benzene rings is 5. The summed E-state index contributed by atoms with van der Waals surface area (Å²) >= 11 is 2.87. The van der Waals surface area contributed by atoms with E-state index in [-0.39, 0.29) is 11.6 Å². The number of nitrogens with zero attached hydrogens (tertiary/aromatic N) is 3. The predicted molar refractivity (Wildman–Crippen MR) is 217 cm³/mol. The standard InChI is InChI=1S/C45H36N4O4S2/c50-31-46-39-42(51)49-40(44(52)53-41(33-16-6-1-7-17-33)34-18-8-2-9-19-34)38(30-55-43(39)49)54-27-26-32-28-47-48(29-32)45(35-20-10-3-11-21-35,36-22-12-4-13-23-36)37-24-14-5-15-25-37/h1-29,31,39,41,43H,30H2,(H,46,50)/b27-26-/t39-,43-/m1/s1. The molecule has 3 heterocycles. The molecule has 1 N–H and O–H groups in total. The van der Waals surface area contributed by atoms with E-state index in [0.717, 1.165) is 33.4 Å². The molecule has 2 aliphatic heterocycles. The number of hydrogen-bond donors (Lipinski definition) is 1. The van der Waals surface area contributed by atoms with Gasteiger partial charge in [0.2, 0.25) is 6.41 Å². The van der Waals surface area contributed by atoms with Crippen LogP contribution in [0.1, 0.15) is 39.5 Å². The lowest BCUT2D eigenvalue weighted by atomic mass is 9.77. The number of thioether (sulfide) groups is 2. The Kier molecular flexibility index (Phi) is 10.5. The lowest BCUT2D eigenvalue weighted by molar-refractivity contribution is -0.154. The third-order valence-electron chi connectivity index (χ3n) is 9.80. The van der Waals surface area contributed by atoms with Crippen molar-refractivity contribution in [2.45, 2.75) is 23.1 Å². The number of aromatic nitrogens is 2. The molecule has 2 aliphatic rings. The molecule has 8 rings (SSSR count). The lowest BCUT2D eigenvalue weighted by Crippen LogP contribution is -2.69. The summed E-state index contributed by atoms with van der Waals surface area (Å²) in [4.78, 5) is 41.2. The van der Waals surface area contributed by atoms with Crippen LogP contribution < -0.4 is 5.32 Å². The second kappa shape index (κ2) is 16.1. The summed E-state index contributed by atoms with van der Waals surface area (Å²) in [5, 5.41) is 9.07. The average molecular weight is 761 g/mol. The fraction of sp³-hybridized carbons (Fsp3) is 0.111. The fourth-order valence-corrected chi connectivity index (χ4v) is 9.61. The number of esters is 1. The molecule has 6 aromatic rings. The maximum atomic E-state index is 14.3. The molecule has 55 heavy (non-hydrogen) atoms. The van der Waals surface area contributed by atoms with Crippen molar-refractivity contribution >= 4 is 47.9 Å². The van der Waals surface area contributed by atoms with E-state index >= 15 is 0 Å². The van der Waals surface area contributed by atoms with Crippen molar-refractivity contribution in [1.82, 2.24) is 20.0 Å². The van der Waals surface area contributed by atoms with Crippen LogP contribution in [0.5, 0.6) is 0 Å². The van der Waals surface area contributed by atoms with Crippen molar-refractivity contribution in [3.8, 4) is 0 Å². The fourth-order valence-electron chi connectivity index (χ4n) is 7.25. The van der Waals surface area contributed by atoms with E-state index in [1.807, 2.05) is 144 Å². The molecule has 2 amide bonds. The third kappa shape index (κ3) is 6.90. The van der Waals surface area contributed by atoms with Gasteiger partial charge in [-0.15, -0.1) is 11.8 Å². The largest absolute Gasteiger partial charge is 0.448 e. The number of hydrogen-bond acceptors (Lipinski definition) is 7. The summed E-state index contributed by atoms with van der Waals surface area (Å²) in [6.45, 7) is 0. The molecule has 0 bridgehead atoms. The molecule has 2 atom stereocenters. The summed E-state index contributed by atoms with van der Waals surface area (Å²) in [6.07, 6.45) is 5.64. The first-order valence-corrected chi connectivity index (χ1v) is 19.8. The highest BCUT2D eigenvalue weighted by molar-refractivity contribution is 8.08. The number of β-lactam (4-membered cyclic amide) rings is 1. The van der Waals surface area contributed by atoms with Crippen molar-refractivity contribution in [3.05, 3.63) is 213 Å². The van der Waals surface area contributed by atoms with Crippen molar-refractivity contribution in [3.63, 3.8) is 0 Å². The number of ether oxygens (including phenoxy) is 1. The topological polar surface area (TPSA) is 93.5 Å². The zero-order valence-electron chi connectivity index (χ0n) is 29.6. The molecule has 0 saturated carbocycles. The Morgan fingerprint density at radius 1 is 0.800 bits per heavy atom. The third-order valence-corrected chi connectivity index (χ3v) is 12.2. The van der Waals surface area contributed by atoms with E-state index in [2.05, 4.69) is 41.7 Å². The summed E-state index contributed by atoms with van der Waals surface area (Å²) in [5.74, 6) is -0.511. The van der Waals surface area contributed by atoms with E-state index < -0.39 is 29.0 Å². The van der Waals surface area contributed by atoms with Gasteiger partial charge in [0, 0.05) is 22.4 Å². The first kappa shape index (κ1) is 35.9. The number of carbonyl (C=O) groups excluding carboxylic acids is 3. The number of nitrogens with one attached hydrogen (secondary N) is 1. The van der Waals surface area contributed by atoms with Gasteiger partial charge in [0.15, 0.2) is 6.10 Å². The molecular formula is C45H36N4O4S2. The second-order valence-electron chi connectivity index (χ2n) is 13.0. The van der Waals surface area contributed by atoms with Gasteiger partial charge in [-0.05, 0) is 39.3 Å². The van der Waals surface area contributed by atoms with Crippen molar-refractivity contribution < 1.29 is 19.1 Å². The van der Waals surface area contributed by atoms with Gasteiger partial charge in [0.25, 0.3) is 5.91 Å². The second-order valence-corrected chi connectivity index (χ2v) is 15.1. The Balaban J connectivity index is 1.14. The maximum Gasteiger partial charge on any atom is 0.356 e. The van der Waals surface area contributed by atoms with Gasteiger partial charge >= 0.3 is 5.97 Å². The lowest BCUT2D eigenvalue weighted by Gasteiger charge is -2.49. The van der Waals surface area contributed by atoms with Gasteiger partial charge in [-0.1, -0.05) is 163 Å². The highest BCUT2D eigenvalue weighted by Crippen LogP contribution is 2.45.